The maximum Gasteiger partial charge on any atom is 0.225 e. The highest BCUT2D eigenvalue weighted by Gasteiger charge is 2.27. The molecule has 0 aromatic carbocycles. The van der Waals surface area contributed by atoms with Gasteiger partial charge in [0.1, 0.15) is 0 Å². The molecule has 0 rings (SSSR count). The molecule has 0 aliphatic carbocycles. The van der Waals surface area contributed by atoms with E-state index in [1.807, 2.05) is 55.4 Å². The molecule has 0 heterocycles. The summed E-state index contributed by atoms with van der Waals surface area (Å²) in [6.07, 6.45) is 0. The molecule has 0 aliphatic rings. The highest BCUT2D eigenvalue weighted by Crippen LogP contribution is 2.17. The zero-order chi connectivity index (χ0) is 15.5. The number of rotatable bonds is 4. The summed E-state index contributed by atoms with van der Waals surface area (Å²) in [4.78, 5) is 23.6. The summed E-state index contributed by atoms with van der Waals surface area (Å²) >= 11 is 0. The van der Waals surface area contributed by atoms with E-state index < -0.39 is 0 Å². The molecule has 0 aromatic rings. The Hall–Kier alpha value is -1.06. The first-order valence-electron chi connectivity index (χ1n) is 6.82. The van der Waals surface area contributed by atoms with E-state index in [1.54, 1.807) is 0 Å². The molecule has 112 valence electrons. The molecule has 0 unspecified atom stereocenters. The van der Waals surface area contributed by atoms with Gasteiger partial charge in [0, 0.05) is 23.9 Å². The van der Waals surface area contributed by atoms with Crippen molar-refractivity contribution in [3.8, 4) is 0 Å². The minimum absolute atomic E-state index is 0.0303. The summed E-state index contributed by atoms with van der Waals surface area (Å²) in [7, 11) is 0. The van der Waals surface area contributed by atoms with Crippen LogP contribution in [0, 0.1) is 16.2 Å². The van der Waals surface area contributed by atoms with E-state index >= 15 is 0 Å². The van der Waals surface area contributed by atoms with Gasteiger partial charge in [-0.15, -0.1) is 0 Å². The number of hydrogen-bond acceptors (Lipinski definition) is 2. The zero-order valence-electron chi connectivity index (χ0n) is 13.7. The first-order valence-corrected chi connectivity index (χ1v) is 6.82. The Morgan fingerprint density at radius 3 is 1.16 bits per heavy atom. The molecule has 0 fully saturated rings. The Morgan fingerprint density at radius 1 is 0.684 bits per heavy atom. The summed E-state index contributed by atoms with van der Waals surface area (Å²) in [5.41, 5.74) is -0.933. The lowest BCUT2D eigenvalue weighted by atomic mass is 9.90. The predicted molar refractivity (Wildman–Crippen MR) is 78.7 cm³/mol. The van der Waals surface area contributed by atoms with Crippen molar-refractivity contribution < 1.29 is 9.59 Å². The van der Waals surface area contributed by atoms with E-state index in [9.17, 15) is 9.59 Å². The molecule has 0 aromatic heterocycles. The summed E-state index contributed by atoms with van der Waals surface area (Å²) in [6.45, 7) is 16.5. The number of carbonyl (C=O) groups is 2. The fourth-order valence-electron chi connectivity index (χ4n) is 1.23. The lowest BCUT2D eigenvalue weighted by Crippen LogP contribution is -2.46. The first-order chi connectivity index (χ1) is 8.26. The molecule has 4 heteroatoms. The monoisotopic (exact) mass is 270 g/mol. The second kappa shape index (κ2) is 5.93. The second-order valence-electron chi connectivity index (χ2n) is 8.03. The maximum atomic E-state index is 11.8. The standard InChI is InChI=1S/C15H30N2O2/c1-13(2,3)11(18)16-9-15(7,8)10-17-12(19)14(4,5)6/h9-10H2,1-8H3,(H,16,18)(H,17,19). The van der Waals surface area contributed by atoms with Gasteiger partial charge in [-0.1, -0.05) is 55.4 Å². The van der Waals surface area contributed by atoms with Crippen LogP contribution in [0.25, 0.3) is 0 Å². The van der Waals surface area contributed by atoms with E-state index in [4.69, 9.17) is 0 Å². The highest BCUT2D eigenvalue weighted by molar-refractivity contribution is 5.82. The number of nitrogens with one attached hydrogen (secondary N) is 2. The third-order valence-electron chi connectivity index (χ3n) is 2.82. The van der Waals surface area contributed by atoms with Crippen molar-refractivity contribution in [1.82, 2.24) is 10.6 Å². The Labute approximate surface area is 117 Å². The molecule has 0 atom stereocenters. The average Bonchev–Trinajstić information content (AvgIpc) is 2.20. The van der Waals surface area contributed by atoms with E-state index in [-0.39, 0.29) is 28.1 Å². The summed E-state index contributed by atoms with van der Waals surface area (Å²) in [5.74, 6) is 0.0606. The molecule has 2 amide bonds. The SMILES string of the molecule is CC(C)(CNC(=O)C(C)(C)C)CNC(=O)C(C)(C)C. The van der Waals surface area contributed by atoms with Crippen molar-refractivity contribution in [2.75, 3.05) is 13.1 Å². The largest absolute Gasteiger partial charge is 0.355 e. The molecule has 0 spiro atoms. The molecule has 19 heavy (non-hydrogen) atoms. The Morgan fingerprint density at radius 2 is 0.947 bits per heavy atom. The van der Waals surface area contributed by atoms with Gasteiger partial charge < -0.3 is 10.6 Å². The number of amides is 2. The molecular weight excluding hydrogens is 240 g/mol. The van der Waals surface area contributed by atoms with Crippen LogP contribution in [0.1, 0.15) is 55.4 Å². The van der Waals surface area contributed by atoms with Crippen molar-refractivity contribution in [3.05, 3.63) is 0 Å². The molecule has 0 aliphatic heterocycles. The molecule has 0 radical (unpaired) electrons. The summed E-state index contributed by atoms with van der Waals surface area (Å²) < 4.78 is 0. The third-order valence-corrected chi connectivity index (χ3v) is 2.82. The highest BCUT2D eigenvalue weighted by atomic mass is 16.2. The van der Waals surface area contributed by atoms with E-state index in [1.165, 1.54) is 0 Å². The van der Waals surface area contributed by atoms with Crippen LogP contribution in [0.2, 0.25) is 0 Å². The van der Waals surface area contributed by atoms with Crippen LogP contribution in [-0.2, 0) is 9.59 Å². The third kappa shape index (κ3) is 7.19. The molecule has 0 bridgehead atoms. The van der Waals surface area contributed by atoms with Gasteiger partial charge in [0.05, 0.1) is 0 Å². The molecule has 0 saturated heterocycles. The van der Waals surface area contributed by atoms with Crippen LogP contribution in [0.3, 0.4) is 0 Å². The van der Waals surface area contributed by atoms with Gasteiger partial charge in [0.2, 0.25) is 11.8 Å². The molecule has 2 N–H and O–H groups in total. The smallest absolute Gasteiger partial charge is 0.225 e. The Balaban J connectivity index is 4.28. The summed E-state index contributed by atoms with van der Waals surface area (Å²) in [6, 6.07) is 0. The fourth-order valence-corrected chi connectivity index (χ4v) is 1.23. The van der Waals surface area contributed by atoms with Gasteiger partial charge in [-0.25, -0.2) is 0 Å². The fraction of sp³-hybridized carbons (Fsp3) is 0.867. The molecular formula is C15H30N2O2. The van der Waals surface area contributed by atoms with Gasteiger partial charge in [-0.3, -0.25) is 9.59 Å². The van der Waals surface area contributed by atoms with Gasteiger partial charge in [-0.05, 0) is 5.41 Å². The lowest BCUT2D eigenvalue weighted by molar-refractivity contribution is -0.129. The number of hydrogen-bond donors (Lipinski definition) is 2. The van der Waals surface area contributed by atoms with Gasteiger partial charge in [0.15, 0.2) is 0 Å². The normalized spacial score (nSPS) is 13.1. The van der Waals surface area contributed by atoms with Crippen LogP contribution in [0.15, 0.2) is 0 Å². The predicted octanol–water partition coefficient (Wildman–Crippen LogP) is 2.34. The van der Waals surface area contributed by atoms with Crippen LogP contribution >= 0.6 is 0 Å². The number of carbonyl (C=O) groups excluding carboxylic acids is 2. The van der Waals surface area contributed by atoms with Crippen LogP contribution in [-0.4, -0.2) is 24.9 Å². The topological polar surface area (TPSA) is 58.2 Å². The molecule has 0 saturated carbocycles. The minimum atomic E-state index is -0.384. The van der Waals surface area contributed by atoms with Crippen molar-refractivity contribution in [3.63, 3.8) is 0 Å². The first kappa shape index (κ1) is 17.9. The quantitative estimate of drug-likeness (QED) is 0.824. The van der Waals surface area contributed by atoms with Gasteiger partial charge >= 0.3 is 0 Å². The maximum absolute atomic E-state index is 11.8. The van der Waals surface area contributed by atoms with E-state index in [0.717, 1.165) is 0 Å². The van der Waals surface area contributed by atoms with Crippen molar-refractivity contribution in [1.29, 1.82) is 0 Å². The van der Waals surface area contributed by atoms with Gasteiger partial charge in [0.25, 0.3) is 0 Å². The second-order valence-corrected chi connectivity index (χ2v) is 8.03. The van der Waals surface area contributed by atoms with E-state index in [2.05, 4.69) is 10.6 Å². The van der Waals surface area contributed by atoms with Crippen LogP contribution in [0.5, 0.6) is 0 Å². The van der Waals surface area contributed by atoms with Crippen LogP contribution in [0.4, 0.5) is 0 Å². The van der Waals surface area contributed by atoms with Crippen molar-refractivity contribution in [2.45, 2.75) is 55.4 Å². The average molecular weight is 270 g/mol. The van der Waals surface area contributed by atoms with Gasteiger partial charge in [-0.2, -0.15) is 0 Å². The minimum Gasteiger partial charge on any atom is -0.355 e. The van der Waals surface area contributed by atoms with Crippen LogP contribution < -0.4 is 10.6 Å². The summed E-state index contributed by atoms with van der Waals surface area (Å²) in [5, 5.41) is 5.87. The zero-order valence-corrected chi connectivity index (χ0v) is 13.7. The van der Waals surface area contributed by atoms with Crippen molar-refractivity contribution in [2.24, 2.45) is 16.2 Å². The van der Waals surface area contributed by atoms with E-state index in [0.29, 0.717) is 13.1 Å². The van der Waals surface area contributed by atoms with Crippen molar-refractivity contribution >= 4 is 11.8 Å². The Kier molecular flexibility index (Phi) is 5.60. The Bertz CT molecular complexity index is 301. The molecule has 4 nitrogen and oxygen atoms in total. The lowest BCUT2D eigenvalue weighted by Gasteiger charge is -2.29.